The fourth-order valence-corrected chi connectivity index (χ4v) is 2.29. The fourth-order valence-electron chi connectivity index (χ4n) is 2.29. The first-order valence-electron chi connectivity index (χ1n) is 6.69. The van der Waals surface area contributed by atoms with Gasteiger partial charge in [-0.15, -0.1) is 0 Å². The summed E-state index contributed by atoms with van der Waals surface area (Å²) < 4.78 is 0. The fraction of sp³-hybridized carbons (Fsp3) is 1.00. The van der Waals surface area contributed by atoms with Crippen LogP contribution in [-0.4, -0.2) is 7.85 Å². The molecular weight excluding hydrogens is 179 g/mol. The third-order valence-electron chi connectivity index (χ3n) is 3.10. The van der Waals surface area contributed by atoms with Crippen molar-refractivity contribution in [1.29, 1.82) is 0 Å². The predicted molar refractivity (Wildman–Crippen MR) is 73.5 cm³/mol. The van der Waals surface area contributed by atoms with Gasteiger partial charge >= 0.3 is 0 Å². The Morgan fingerprint density at radius 2 is 1.53 bits per heavy atom. The molecule has 0 nitrogen and oxygen atoms in total. The second-order valence-corrected chi connectivity index (χ2v) is 4.92. The molecule has 0 spiro atoms. The third kappa shape index (κ3) is 10.3. The summed E-state index contributed by atoms with van der Waals surface area (Å²) >= 11 is 0. The van der Waals surface area contributed by atoms with Gasteiger partial charge in [0, 0.05) is 0 Å². The molecule has 15 heavy (non-hydrogen) atoms. The smallest absolute Gasteiger partial charge is 0.0606 e. The maximum absolute atomic E-state index is 4.50. The van der Waals surface area contributed by atoms with E-state index in [0.29, 0.717) is 0 Å². The standard InChI is InChI=1S/C13H28.CH3B/c1-6-8-9-13(7-2)12(5)10-11(3)4;1-2/h11-13H,6-10H2,1-5H3;1H3. The summed E-state index contributed by atoms with van der Waals surface area (Å²) in [7, 11) is 4.50. The van der Waals surface area contributed by atoms with Crippen molar-refractivity contribution in [2.45, 2.75) is 73.5 Å². The summed E-state index contributed by atoms with van der Waals surface area (Å²) in [5.74, 6) is 2.77. The highest BCUT2D eigenvalue weighted by molar-refractivity contribution is 6.05. The van der Waals surface area contributed by atoms with E-state index in [1.807, 2.05) is 0 Å². The molecule has 0 aliphatic rings. The lowest BCUT2D eigenvalue weighted by Gasteiger charge is -2.24. The van der Waals surface area contributed by atoms with Crippen molar-refractivity contribution < 1.29 is 0 Å². The molecule has 2 radical (unpaired) electrons. The van der Waals surface area contributed by atoms with Crippen molar-refractivity contribution in [2.24, 2.45) is 17.8 Å². The SMILES string of the molecule is CCCCC(CC)C(C)CC(C)C.[B]C. The van der Waals surface area contributed by atoms with E-state index >= 15 is 0 Å². The van der Waals surface area contributed by atoms with Crippen LogP contribution in [0.25, 0.3) is 0 Å². The molecule has 0 bridgehead atoms. The highest BCUT2D eigenvalue weighted by Gasteiger charge is 2.15. The Morgan fingerprint density at radius 3 is 1.87 bits per heavy atom. The van der Waals surface area contributed by atoms with E-state index in [1.54, 1.807) is 0 Å². The summed E-state index contributed by atoms with van der Waals surface area (Å²) in [5, 5.41) is 0. The predicted octanol–water partition coefficient (Wildman–Crippen LogP) is 5.09. The first-order chi connectivity index (χ1) is 7.11. The lowest BCUT2D eigenvalue weighted by Crippen LogP contribution is -2.13. The van der Waals surface area contributed by atoms with Gasteiger partial charge in [0.05, 0.1) is 7.85 Å². The Hall–Kier alpha value is 0.0649. The molecule has 2 atom stereocenters. The molecule has 1 heteroatoms. The van der Waals surface area contributed by atoms with Crippen LogP contribution < -0.4 is 0 Å². The molecule has 0 aromatic heterocycles. The van der Waals surface area contributed by atoms with Crippen molar-refractivity contribution in [3.05, 3.63) is 0 Å². The van der Waals surface area contributed by atoms with E-state index in [9.17, 15) is 0 Å². The Balaban J connectivity index is 0. The first kappa shape index (κ1) is 17.5. The van der Waals surface area contributed by atoms with Crippen molar-refractivity contribution in [2.75, 3.05) is 0 Å². The molecule has 0 rings (SSSR count). The van der Waals surface area contributed by atoms with Gasteiger partial charge in [0.15, 0.2) is 0 Å². The minimum atomic E-state index is 0.866. The maximum atomic E-state index is 4.50. The Kier molecular flexibility index (Phi) is 14.1. The van der Waals surface area contributed by atoms with Gasteiger partial charge in [0.1, 0.15) is 0 Å². The van der Waals surface area contributed by atoms with E-state index in [-0.39, 0.29) is 0 Å². The monoisotopic (exact) mass is 210 g/mol. The molecule has 0 aliphatic heterocycles. The molecule has 0 aromatic carbocycles. The van der Waals surface area contributed by atoms with E-state index in [0.717, 1.165) is 17.8 Å². The lowest BCUT2D eigenvalue weighted by atomic mass is 9.82. The van der Waals surface area contributed by atoms with Gasteiger partial charge in [0.2, 0.25) is 0 Å². The third-order valence-corrected chi connectivity index (χ3v) is 3.10. The van der Waals surface area contributed by atoms with Crippen LogP contribution in [0.15, 0.2) is 0 Å². The first-order valence-corrected chi connectivity index (χ1v) is 6.69. The molecular formula is C14H31B. The van der Waals surface area contributed by atoms with Crippen LogP contribution in [0.4, 0.5) is 0 Å². The van der Waals surface area contributed by atoms with E-state index in [4.69, 9.17) is 0 Å². The quantitative estimate of drug-likeness (QED) is 0.513. The average molecular weight is 210 g/mol. The molecule has 90 valence electrons. The van der Waals surface area contributed by atoms with Gasteiger partial charge in [-0.25, -0.2) is 0 Å². The molecule has 0 N–H and O–H groups in total. The van der Waals surface area contributed by atoms with Gasteiger partial charge in [-0.05, 0) is 24.2 Å². The Bertz CT molecular complexity index is 110. The second kappa shape index (κ2) is 12.1. The number of hydrogen-bond acceptors (Lipinski definition) is 0. The molecule has 0 fully saturated rings. The number of rotatable bonds is 7. The molecule has 2 unspecified atom stereocenters. The van der Waals surface area contributed by atoms with Gasteiger partial charge in [-0.1, -0.05) is 67.1 Å². The topological polar surface area (TPSA) is 0 Å². The minimum absolute atomic E-state index is 0.866. The van der Waals surface area contributed by atoms with E-state index in [2.05, 4.69) is 42.5 Å². The summed E-state index contributed by atoms with van der Waals surface area (Å²) in [4.78, 5) is 0. The molecule has 0 saturated carbocycles. The van der Waals surface area contributed by atoms with Crippen LogP contribution in [-0.2, 0) is 0 Å². The largest absolute Gasteiger partial charge is 0.0999 e. The summed E-state index contributed by atoms with van der Waals surface area (Å²) in [5.41, 5.74) is 0. The molecule has 0 saturated heterocycles. The summed E-state index contributed by atoms with van der Waals surface area (Å²) in [6.45, 7) is 13.2. The molecule has 0 heterocycles. The van der Waals surface area contributed by atoms with Crippen molar-refractivity contribution in [1.82, 2.24) is 0 Å². The second-order valence-electron chi connectivity index (χ2n) is 4.92. The van der Waals surface area contributed by atoms with Gasteiger partial charge < -0.3 is 0 Å². The summed E-state index contributed by atoms with van der Waals surface area (Å²) in [6, 6.07) is 0. The lowest BCUT2D eigenvalue weighted by molar-refractivity contribution is 0.275. The van der Waals surface area contributed by atoms with Gasteiger partial charge in [-0.2, -0.15) is 0 Å². The zero-order chi connectivity index (χ0) is 12.3. The number of hydrogen-bond donors (Lipinski definition) is 0. The van der Waals surface area contributed by atoms with Crippen molar-refractivity contribution in [3.63, 3.8) is 0 Å². The van der Waals surface area contributed by atoms with E-state index < -0.39 is 0 Å². The van der Waals surface area contributed by atoms with Crippen LogP contribution in [0.1, 0.15) is 66.7 Å². The van der Waals surface area contributed by atoms with Gasteiger partial charge in [0.25, 0.3) is 0 Å². The minimum Gasteiger partial charge on any atom is -0.0999 e. The molecule has 0 aromatic rings. The highest BCUT2D eigenvalue weighted by Crippen LogP contribution is 2.26. The Labute approximate surface area is 99.6 Å². The average Bonchev–Trinajstić information content (AvgIpc) is 2.21. The van der Waals surface area contributed by atoms with Crippen molar-refractivity contribution in [3.8, 4) is 0 Å². The Morgan fingerprint density at radius 1 is 1.00 bits per heavy atom. The van der Waals surface area contributed by atoms with Crippen LogP contribution in [0, 0.1) is 17.8 Å². The highest BCUT2D eigenvalue weighted by atomic mass is 14.2. The zero-order valence-corrected chi connectivity index (χ0v) is 11.8. The van der Waals surface area contributed by atoms with Crippen LogP contribution >= 0.6 is 0 Å². The van der Waals surface area contributed by atoms with Crippen LogP contribution in [0.5, 0.6) is 0 Å². The number of unbranched alkanes of at least 4 members (excludes halogenated alkanes) is 1. The zero-order valence-electron chi connectivity index (χ0n) is 11.8. The van der Waals surface area contributed by atoms with E-state index in [1.165, 1.54) is 38.9 Å². The molecule has 0 aliphatic carbocycles. The molecule has 0 amide bonds. The van der Waals surface area contributed by atoms with Crippen LogP contribution in [0.3, 0.4) is 0 Å². The van der Waals surface area contributed by atoms with Crippen LogP contribution in [0.2, 0.25) is 6.82 Å². The van der Waals surface area contributed by atoms with Gasteiger partial charge in [-0.3, -0.25) is 0 Å². The maximum Gasteiger partial charge on any atom is 0.0606 e. The normalized spacial score (nSPS) is 14.3. The van der Waals surface area contributed by atoms with Crippen molar-refractivity contribution >= 4 is 7.85 Å². The summed E-state index contributed by atoms with van der Waals surface area (Å²) in [6.07, 6.45) is 6.99.